The second-order valence-electron chi connectivity index (χ2n) is 7.89. The lowest BCUT2D eigenvalue weighted by atomic mass is 9.77. The van der Waals surface area contributed by atoms with Crippen LogP contribution in [0.25, 0.3) is 0 Å². The molecule has 0 radical (unpaired) electrons. The van der Waals surface area contributed by atoms with Gasteiger partial charge in [0.2, 0.25) is 0 Å². The third-order valence-electron chi connectivity index (χ3n) is 5.81. The maximum Gasteiger partial charge on any atom is 0.437 e. The summed E-state index contributed by atoms with van der Waals surface area (Å²) in [5, 5.41) is 26.2. The first-order valence-electron chi connectivity index (χ1n) is 10.3. The lowest BCUT2D eigenvalue weighted by molar-refractivity contribution is -0.384. The second kappa shape index (κ2) is 9.12. The zero-order chi connectivity index (χ0) is 25.4. The smallest absolute Gasteiger partial charge is 0.363 e. The number of ketones is 1. The number of amides is 2. The van der Waals surface area contributed by atoms with Crippen molar-refractivity contribution in [3.8, 4) is 0 Å². The summed E-state index contributed by atoms with van der Waals surface area (Å²) in [5.74, 6) is -3.23. The Bertz CT molecular complexity index is 1240. The van der Waals surface area contributed by atoms with Gasteiger partial charge in [-0.1, -0.05) is 48.5 Å². The molecule has 2 N–H and O–H groups in total. The van der Waals surface area contributed by atoms with E-state index in [-0.39, 0.29) is 21.0 Å². The zero-order valence-electron chi connectivity index (χ0n) is 17.8. The largest absolute Gasteiger partial charge is 0.437 e. The van der Waals surface area contributed by atoms with Crippen molar-refractivity contribution in [1.82, 2.24) is 10.2 Å². The minimum absolute atomic E-state index is 0.000826. The number of carbonyl (C=O) groups is 2. The molecule has 12 heteroatoms. The lowest BCUT2D eigenvalue weighted by Gasteiger charge is -2.51. The fraction of sp³-hybridized carbons (Fsp3) is 0.217. The van der Waals surface area contributed by atoms with Crippen LogP contribution in [0.15, 0.2) is 72.1 Å². The number of carbonyl (C=O) groups excluding carboxylic acids is 2. The molecule has 0 spiro atoms. The van der Waals surface area contributed by atoms with Crippen LogP contribution in [-0.4, -0.2) is 38.6 Å². The number of alkyl halides is 3. The van der Waals surface area contributed by atoms with Gasteiger partial charge in [0.25, 0.3) is 11.4 Å². The van der Waals surface area contributed by atoms with E-state index < -0.39 is 47.1 Å². The Labute approximate surface area is 200 Å². The van der Waals surface area contributed by atoms with E-state index in [1.807, 2.05) is 0 Å². The molecular weight excluding hydrogens is 487 g/mol. The number of hydrogen-bond acceptors (Lipinski definition) is 6. The lowest BCUT2D eigenvalue weighted by Crippen LogP contribution is -2.73. The van der Waals surface area contributed by atoms with Crippen LogP contribution >= 0.6 is 11.3 Å². The van der Waals surface area contributed by atoms with Gasteiger partial charge in [-0.2, -0.15) is 13.2 Å². The van der Waals surface area contributed by atoms with E-state index in [9.17, 15) is 38.0 Å². The fourth-order valence-corrected chi connectivity index (χ4v) is 4.83. The quantitative estimate of drug-likeness (QED) is 0.287. The Morgan fingerprint density at radius 2 is 1.77 bits per heavy atom. The number of urea groups is 1. The van der Waals surface area contributed by atoms with Crippen molar-refractivity contribution in [2.24, 2.45) is 5.92 Å². The number of rotatable bonds is 6. The molecule has 2 aromatic carbocycles. The predicted molar refractivity (Wildman–Crippen MR) is 119 cm³/mol. The van der Waals surface area contributed by atoms with Gasteiger partial charge in [0.1, 0.15) is 5.92 Å². The highest BCUT2D eigenvalue weighted by Gasteiger charge is 2.70. The van der Waals surface area contributed by atoms with Crippen molar-refractivity contribution < 1.29 is 32.8 Å². The third-order valence-corrected chi connectivity index (χ3v) is 6.70. The number of non-ortho nitro benzene ring substituents is 1. The third kappa shape index (κ3) is 4.37. The highest BCUT2D eigenvalue weighted by Crippen LogP contribution is 2.49. The number of aliphatic hydroxyl groups is 1. The number of benzene rings is 2. The molecule has 35 heavy (non-hydrogen) atoms. The molecule has 1 fully saturated rings. The molecule has 8 nitrogen and oxygen atoms in total. The molecule has 2 heterocycles. The number of Topliss-reactive ketones (excluding diaryl/α,β-unsaturated/α-hetero) is 1. The Morgan fingerprint density at radius 3 is 2.31 bits per heavy atom. The number of nitro benzene ring substituents is 1. The summed E-state index contributed by atoms with van der Waals surface area (Å²) in [6.07, 6.45) is -5.42. The number of hydrogen-bond donors (Lipinski definition) is 2. The van der Waals surface area contributed by atoms with Gasteiger partial charge in [-0.15, -0.1) is 11.3 Å². The van der Waals surface area contributed by atoms with Crippen molar-refractivity contribution in [2.45, 2.75) is 24.5 Å². The molecule has 3 unspecified atom stereocenters. The summed E-state index contributed by atoms with van der Waals surface area (Å²) < 4.78 is 44.0. The van der Waals surface area contributed by atoms with Crippen LogP contribution in [-0.2, 0) is 6.54 Å². The SMILES string of the molecule is O=C(c1cccs1)C1C(c2ccc([N+](=O)[O-])cc2)NC(=O)N(Cc2ccccc2)C1(O)C(F)(F)F. The van der Waals surface area contributed by atoms with Crippen LogP contribution < -0.4 is 5.32 Å². The molecule has 3 aromatic rings. The molecule has 1 aromatic heterocycles. The number of halogens is 3. The maximum atomic E-state index is 14.7. The average Bonchev–Trinajstić information content (AvgIpc) is 3.36. The molecule has 0 aliphatic carbocycles. The van der Waals surface area contributed by atoms with Gasteiger partial charge >= 0.3 is 12.2 Å². The normalized spacial score (nSPS) is 22.5. The molecule has 182 valence electrons. The van der Waals surface area contributed by atoms with Crippen molar-refractivity contribution in [2.75, 3.05) is 0 Å². The minimum Gasteiger partial charge on any atom is -0.363 e. The molecule has 2 amide bonds. The van der Waals surface area contributed by atoms with Gasteiger partial charge in [0, 0.05) is 12.1 Å². The van der Waals surface area contributed by atoms with Gasteiger partial charge in [-0.25, -0.2) is 4.79 Å². The highest BCUT2D eigenvalue weighted by molar-refractivity contribution is 7.12. The van der Waals surface area contributed by atoms with Gasteiger partial charge in [-0.3, -0.25) is 19.8 Å². The number of nitrogens with zero attached hydrogens (tertiary/aromatic N) is 2. The van der Waals surface area contributed by atoms with Gasteiger partial charge in [0.15, 0.2) is 5.78 Å². The van der Waals surface area contributed by atoms with Crippen LogP contribution in [0.5, 0.6) is 0 Å². The summed E-state index contributed by atoms with van der Waals surface area (Å²) in [6.45, 7) is -0.621. The zero-order valence-corrected chi connectivity index (χ0v) is 18.6. The maximum absolute atomic E-state index is 14.7. The second-order valence-corrected chi connectivity index (χ2v) is 8.84. The topological polar surface area (TPSA) is 113 Å². The van der Waals surface area contributed by atoms with Crippen LogP contribution in [0.1, 0.15) is 26.8 Å². The van der Waals surface area contributed by atoms with E-state index in [1.165, 1.54) is 29.6 Å². The number of nitrogens with one attached hydrogen (secondary N) is 1. The molecule has 0 bridgehead atoms. The van der Waals surface area contributed by atoms with Crippen LogP contribution in [0.3, 0.4) is 0 Å². The van der Waals surface area contributed by atoms with Crippen LogP contribution in [0.2, 0.25) is 0 Å². The average molecular weight is 505 g/mol. The fourth-order valence-electron chi connectivity index (χ4n) is 4.12. The number of thiophene rings is 1. The first-order chi connectivity index (χ1) is 16.5. The molecular formula is C23H18F3N3O5S. The van der Waals surface area contributed by atoms with Gasteiger partial charge < -0.3 is 10.4 Å². The Balaban J connectivity index is 1.87. The van der Waals surface area contributed by atoms with Crippen LogP contribution in [0, 0.1) is 16.0 Å². The van der Waals surface area contributed by atoms with Gasteiger partial charge in [-0.05, 0) is 22.6 Å². The Morgan fingerprint density at radius 1 is 1.11 bits per heavy atom. The van der Waals surface area contributed by atoms with Crippen molar-refractivity contribution in [3.63, 3.8) is 0 Å². The first kappa shape index (κ1) is 24.4. The Kier molecular flexibility index (Phi) is 6.34. The van der Waals surface area contributed by atoms with Crippen molar-refractivity contribution >= 4 is 28.8 Å². The van der Waals surface area contributed by atoms with E-state index >= 15 is 0 Å². The van der Waals surface area contributed by atoms with E-state index in [0.29, 0.717) is 5.56 Å². The van der Waals surface area contributed by atoms with E-state index in [0.717, 1.165) is 35.6 Å². The highest BCUT2D eigenvalue weighted by atomic mass is 32.1. The molecule has 1 aliphatic heterocycles. The van der Waals surface area contributed by atoms with Crippen LogP contribution in [0.4, 0.5) is 23.7 Å². The summed E-state index contributed by atoms with van der Waals surface area (Å²) in [5.41, 5.74) is -3.89. The summed E-state index contributed by atoms with van der Waals surface area (Å²) in [6, 6.07) is 12.1. The van der Waals surface area contributed by atoms with Gasteiger partial charge in [0.05, 0.1) is 22.4 Å². The van der Waals surface area contributed by atoms with Crippen molar-refractivity contribution in [3.05, 3.63) is 98.2 Å². The summed E-state index contributed by atoms with van der Waals surface area (Å²) >= 11 is 0.897. The van der Waals surface area contributed by atoms with E-state index in [4.69, 9.17) is 0 Å². The number of nitro groups is 1. The molecule has 4 rings (SSSR count). The Hall–Kier alpha value is -3.77. The standard InChI is InChI=1S/C23H18F3N3O5S/c24-23(25,26)22(32)18(20(30)17-7-4-12-35-17)19(15-8-10-16(11-9-15)29(33)34)27-21(31)28(22)13-14-5-2-1-3-6-14/h1-12,18-19,32H,13H2,(H,27,31). The van der Waals surface area contributed by atoms with E-state index in [2.05, 4.69) is 5.32 Å². The monoisotopic (exact) mass is 505 g/mol. The van der Waals surface area contributed by atoms with E-state index in [1.54, 1.807) is 18.2 Å². The summed E-state index contributed by atoms with van der Waals surface area (Å²) in [4.78, 5) is 36.9. The minimum atomic E-state index is -5.42. The summed E-state index contributed by atoms with van der Waals surface area (Å²) in [7, 11) is 0. The molecule has 1 saturated heterocycles. The predicted octanol–water partition coefficient (Wildman–Crippen LogP) is 4.67. The molecule has 1 aliphatic rings. The van der Waals surface area contributed by atoms with Crippen molar-refractivity contribution in [1.29, 1.82) is 0 Å². The molecule has 0 saturated carbocycles. The molecule has 3 atom stereocenters. The first-order valence-corrected chi connectivity index (χ1v) is 11.1.